The number of fused-ring (bicyclic) bond motifs is 10. The first kappa shape index (κ1) is 26.0. The number of hydrogen-bond acceptors (Lipinski definition) is 5. The van der Waals surface area contributed by atoms with Crippen molar-refractivity contribution < 1.29 is 4.42 Å². The zero-order chi connectivity index (χ0) is 31.3. The van der Waals surface area contributed by atoms with Gasteiger partial charge in [-0.25, -0.2) is 15.0 Å². The summed E-state index contributed by atoms with van der Waals surface area (Å²) in [5, 5.41) is 7.01. The molecule has 0 saturated carbocycles. The van der Waals surface area contributed by atoms with Crippen molar-refractivity contribution in [2.75, 3.05) is 0 Å². The minimum atomic E-state index is 0.620. The molecule has 7 aromatic carbocycles. The SMILES string of the molecule is c1ccc(-c2nc(-c3cccc4oc5ccccc5c34)nc(-c3cc4c(c5sc6ccccc6c35)-c3cccc5cccc-4c35)n2)cc1. The van der Waals surface area contributed by atoms with Gasteiger partial charge in [0, 0.05) is 53.2 Å². The normalized spacial score (nSPS) is 12.2. The molecular formula is C43H23N3OS. The Morgan fingerprint density at radius 3 is 1.98 bits per heavy atom. The third kappa shape index (κ3) is 3.56. The van der Waals surface area contributed by atoms with Gasteiger partial charge in [0.25, 0.3) is 0 Å². The van der Waals surface area contributed by atoms with Crippen molar-refractivity contribution in [3.05, 3.63) is 140 Å². The fraction of sp³-hybridized carbons (Fsp3) is 0. The maximum atomic E-state index is 6.28. The van der Waals surface area contributed by atoms with E-state index in [1.807, 2.05) is 59.9 Å². The van der Waals surface area contributed by atoms with Crippen LogP contribution in [0, 0.1) is 0 Å². The molecule has 0 atom stereocenters. The number of rotatable bonds is 3. The Morgan fingerprint density at radius 1 is 0.438 bits per heavy atom. The average molecular weight is 630 g/mol. The van der Waals surface area contributed by atoms with Crippen LogP contribution >= 0.6 is 11.3 Å². The van der Waals surface area contributed by atoms with Gasteiger partial charge >= 0.3 is 0 Å². The van der Waals surface area contributed by atoms with Gasteiger partial charge < -0.3 is 4.42 Å². The number of benzene rings is 7. The molecule has 0 radical (unpaired) electrons. The topological polar surface area (TPSA) is 51.8 Å². The van der Waals surface area contributed by atoms with E-state index in [1.54, 1.807) is 0 Å². The molecule has 0 spiro atoms. The minimum absolute atomic E-state index is 0.620. The second-order valence-electron chi connectivity index (χ2n) is 12.3. The van der Waals surface area contributed by atoms with Gasteiger partial charge in [0.1, 0.15) is 11.2 Å². The molecule has 0 unspecified atom stereocenters. The lowest BCUT2D eigenvalue weighted by Gasteiger charge is -2.13. The number of hydrogen-bond donors (Lipinski definition) is 0. The molecule has 4 nitrogen and oxygen atoms in total. The average Bonchev–Trinajstić information content (AvgIpc) is 3.82. The fourth-order valence-corrected chi connectivity index (χ4v) is 8.91. The highest BCUT2D eigenvalue weighted by atomic mass is 32.1. The molecule has 48 heavy (non-hydrogen) atoms. The molecule has 11 rings (SSSR count). The Hall–Kier alpha value is -6.17. The van der Waals surface area contributed by atoms with Crippen molar-refractivity contribution in [2.24, 2.45) is 0 Å². The summed E-state index contributed by atoms with van der Waals surface area (Å²) in [7, 11) is 0. The van der Waals surface area contributed by atoms with Crippen LogP contribution < -0.4 is 0 Å². The molecule has 3 aromatic heterocycles. The van der Waals surface area contributed by atoms with E-state index in [2.05, 4.69) is 91.0 Å². The van der Waals surface area contributed by atoms with Crippen LogP contribution in [0.2, 0.25) is 0 Å². The number of nitrogens with zero attached hydrogens (tertiary/aromatic N) is 3. The van der Waals surface area contributed by atoms with Crippen LogP contribution in [0.1, 0.15) is 0 Å². The van der Waals surface area contributed by atoms with Gasteiger partial charge in [-0.05, 0) is 51.7 Å². The van der Waals surface area contributed by atoms with Gasteiger partial charge in [-0.2, -0.15) is 0 Å². The maximum Gasteiger partial charge on any atom is 0.164 e. The Labute approximate surface area is 278 Å². The molecule has 0 saturated heterocycles. The summed E-state index contributed by atoms with van der Waals surface area (Å²) in [4.78, 5) is 15.7. The molecule has 10 aromatic rings. The summed E-state index contributed by atoms with van der Waals surface area (Å²) in [6, 6.07) is 48.8. The van der Waals surface area contributed by atoms with Crippen molar-refractivity contribution in [3.63, 3.8) is 0 Å². The summed E-state index contributed by atoms with van der Waals surface area (Å²) in [5.41, 5.74) is 9.60. The Morgan fingerprint density at radius 2 is 1.10 bits per heavy atom. The molecule has 5 heteroatoms. The molecule has 0 N–H and O–H groups in total. The lowest BCUT2D eigenvalue weighted by Crippen LogP contribution is -2.01. The summed E-state index contributed by atoms with van der Waals surface area (Å²) in [6.45, 7) is 0. The number of aromatic nitrogens is 3. The molecule has 3 heterocycles. The van der Waals surface area contributed by atoms with Gasteiger partial charge in [0.2, 0.25) is 0 Å². The third-order valence-corrected chi connectivity index (χ3v) is 10.9. The zero-order valence-electron chi connectivity index (χ0n) is 25.4. The number of furan rings is 1. The van der Waals surface area contributed by atoms with Crippen molar-refractivity contribution in [1.82, 2.24) is 15.0 Å². The van der Waals surface area contributed by atoms with E-state index < -0.39 is 0 Å². The van der Waals surface area contributed by atoms with E-state index in [1.165, 1.54) is 53.2 Å². The number of para-hydroxylation sites is 1. The lowest BCUT2D eigenvalue weighted by molar-refractivity contribution is 0.669. The second kappa shape index (κ2) is 9.67. The Kier molecular flexibility index (Phi) is 5.23. The van der Waals surface area contributed by atoms with E-state index >= 15 is 0 Å². The van der Waals surface area contributed by atoms with Crippen molar-refractivity contribution in [1.29, 1.82) is 0 Å². The molecule has 0 aliphatic heterocycles. The fourth-order valence-electron chi connectivity index (χ4n) is 7.62. The molecule has 1 aliphatic rings. The molecule has 0 amide bonds. The second-order valence-corrected chi connectivity index (χ2v) is 13.4. The largest absolute Gasteiger partial charge is 0.456 e. The molecular weight excluding hydrogens is 607 g/mol. The minimum Gasteiger partial charge on any atom is -0.456 e. The maximum absolute atomic E-state index is 6.28. The first-order valence-corrected chi connectivity index (χ1v) is 16.8. The Balaban J connectivity index is 1.27. The van der Waals surface area contributed by atoms with Crippen LogP contribution in [0.5, 0.6) is 0 Å². The molecule has 1 aliphatic carbocycles. The third-order valence-electron chi connectivity index (χ3n) is 9.67. The van der Waals surface area contributed by atoms with Crippen LogP contribution in [-0.4, -0.2) is 15.0 Å². The van der Waals surface area contributed by atoms with E-state index in [-0.39, 0.29) is 0 Å². The van der Waals surface area contributed by atoms with Crippen molar-refractivity contribution >= 4 is 64.2 Å². The summed E-state index contributed by atoms with van der Waals surface area (Å²) < 4.78 is 8.79. The summed E-state index contributed by atoms with van der Waals surface area (Å²) in [5.74, 6) is 1.91. The molecule has 222 valence electrons. The smallest absolute Gasteiger partial charge is 0.164 e. The van der Waals surface area contributed by atoms with Crippen molar-refractivity contribution in [2.45, 2.75) is 0 Å². The van der Waals surface area contributed by atoms with Gasteiger partial charge in [0.15, 0.2) is 17.5 Å². The van der Waals surface area contributed by atoms with E-state index in [9.17, 15) is 0 Å². The summed E-state index contributed by atoms with van der Waals surface area (Å²) >= 11 is 1.85. The van der Waals surface area contributed by atoms with Crippen LogP contribution in [0.3, 0.4) is 0 Å². The quantitative estimate of drug-likeness (QED) is 0.195. The van der Waals surface area contributed by atoms with Crippen LogP contribution in [0.15, 0.2) is 144 Å². The predicted molar refractivity (Wildman–Crippen MR) is 198 cm³/mol. The zero-order valence-corrected chi connectivity index (χ0v) is 26.3. The highest BCUT2D eigenvalue weighted by molar-refractivity contribution is 7.26. The lowest BCUT2D eigenvalue weighted by atomic mass is 9.96. The highest BCUT2D eigenvalue weighted by Gasteiger charge is 2.28. The van der Waals surface area contributed by atoms with Crippen LogP contribution in [-0.2, 0) is 0 Å². The Bertz CT molecular complexity index is 2950. The highest BCUT2D eigenvalue weighted by Crippen LogP contribution is 2.55. The van der Waals surface area contributed by atoms with Gasteiger partial charge in [-0.3, -0.25) is 0 Å². The van der Waals surface area contributed by atoms with E-state index in [0.29, 0.717) is 17.5 Å². The predicted octanol–water partition coefficient (Wildman–Crippen LogP) is 11.9. The van der Waals surface area contributed by atoms with Crippen molar-refractivity contribution in [3.8, 4) is 56.4 Å². The first-order valence-electron chi connectivity index (χ1n) is 16.0. The van der Waals surface area contributed by atoms with Gasteiger partial charge in [-0.15, -0.1) is 11.3 Å². The van der Waals surface area contributed by atoms with E-state index in [4.69, 9.17) is 19.4 Å². The number of thiophene rings is 1. The molecule has 0 bridgehead atoms. The van der Waals surface area contributed by atoms with Gasteiger partial charge in [-0.1, -0.05) is 115 Å². The first-order chi connectivity index (χ1) is 23.8. The standard InChI is InChI=1S/C43H23N3OS/c1-2-11-25(12-3-1)41-44-42(30-19-10-21-34-37(30)27-15-4-6-20-33(27)47-34)46-43(45-41)32-23-31-26-17-8-13-24-14-9-18-29(36(24)26)39(31)40-38(32)28-16-5-7-22-35(28)48-40/h1-23H. The summed E-state index contributed by atoms with van der Waals surface area (Å²) in [6.07, 6.45) is 0. The van der Waals surface area contributed by atoms with Crippen LogP contribution in [0.25, 0.3) is 109 Å². The molecule has 0 fully saturated rings. The van der Waals surface area contributed by atoms with Crippen LogP contribution in [0.4, 0.5) is 0 Å². The van der Waals surface area contributed by atoms with Gasteiger partial charge in [0.05, 0.1) is 0 Å². The monoisotopic (exact) mass is 629 g/mol. The van der Waals surface area contributed by atoms with E-state index in [0.717, 1.165) is 38.6 Å².